The van der Waals surface area contributed by atoms with E-state index in [4.69, 9.17) is 146 Å². The van der Waals surface area contributed by atoms with Gasteiger partial charge in [0.2, 0.25) is 0 Å². The second kappa shape index (κ2) is 64.0. The molecule has 0 spiro atoms. The van der Waals surface area contributed by atoms with Crippen LogP contribution in [0.5, 0.6) is 0 Å². The van der Waals surface area contributed by atoms with Gasteiger partial charge < -0.3 is 136 Å². The van der Waals surface area contributed by atoms with Gasteiger partial charge >= 0.3 is 0 Å². The van der Waals surface area contributed by atoms with E-state index in [0.717, 1.165) is 0 Å². The number of hydrogen-bond acceptors (Lipinski definition) is 29. The van der Waals surface area contributed by atoms with E-state index in [-0.39, 0.29) is 118 Å². The second-order valence-electron chi connectivity index (χ2n) is 16.4. The zero-order valence-electron chi connectivity index (χ0n) is 46.4. The molecule has 0 aromatic carbocycles. The topological polar surface area (TPSA) is 402 Å². The molecule has 77 heavy (non-hydrogen) atoms. The third-order valence-corrected chi connectivity index (χ3v) is 9.57. The summed E-state index contributed by atoms with van der Waals surface area (Å²) >= 11 is 0. The molecule has 0 saturated heterocycles. The molecular formula is C48H106N8O21. The third kappa shape index (κ3) is 55.2. The Morgan fingerprint density at radius 3 is 0.558 bits per heavy atom. The summed E-state index contributed by atoms with van der Waals surface area (Å²) in [6.07, 6.45) is -2.85. The summed E-state index contributed by atoms with van der Waals surface area (Å²) in [5.41, 5.74) is 44.5. The van der Waals surface area contributed by atoms with E-state index in [0.29, 0.717) is 165 Å². The predicted octanol–water partition coefficient (Wildman–Crippen LogP) is -4.87. The molecule has 464 valence electrons. The Balaban J connectivity index is 5.79. The molecule has 0 saturated carbocycles. The molecule has 0 aromatic heterocycles. The standard InChI is InChI=1S/C48H106N8O21/c49-1-9-57-17-18-64-31-43(70-25-19-58-10-2-50)32-65-33-44(71-26-20-59-11-3-51)34-66-35-45(72-27-21-60-12-4-52)36-67-37-46(73-28-22-61-13-5-53)38-68-39-47(74-29-23-62-14-6-54)40-69-41-48(42-77-76-16-8-56)75-30-24-63-15-7-55/h43-48H,1-42,49-56H2. The van der Waals surface area contributed by atoms with Gasteiger partial charge in [-0.05, 0) is 0 Å². The van der Waals surface area contributed by atoms with Crippen molar-refractivity contribution < 1.29 is 99.8 Å². The Morgan fingerprint density at radius 1 is 0.156 bits per heavy atom. The molecule has 0 aliphatic rings. The summed E-state index contributed by atoms with van der Waals surface area (Å²) in [5, 5.41) is 0. The van der Waals surface area contributed by atoms with Crippen LogP contribution in [0.4, 0.5) is 0 Å². The molecule has 29 heteroatoms. The highest BCUT2D eigenvalue weighted by Gasteiger charge is 2.20. The lowest BCUT2D eigenvalue weighted by molar-refractivity contribution is -0.307. The lowest BCUT2D eigenvalue weighted by atomic mass is 10.3. The van der Waals surface area contributed by atoms with Gasteiger partial charge in [-0.25, -0.2) is 9.78 Å². The Bertz CT molecular complexity index is 1130. The van der Waals surface area contributed by atoms with Crippen LogP contribution in [0.3, 0.4) is 0 Å². The maximum absolute atomic E-state index is 6.22. The highest BCUT2D eigenvalue weighted by Crippen LogP contribution is 2.07. The number of hydrogen-bond donors (Lipinski definition) is 8. The molecule has 0 fully saturated rings. The summed E-state index contributed by atoms with van der Waals surface area (Å²) < 4.78 is 112. The average molecular weight is 1130 g/mol. The fraction of sp³-hybridized carbons (Fsp3) is 1.00. The molecule has 16 N–H and O–H groups in total. The first-order valence-electron chi connectivity index (χ1n) is 27.1. The van der Waals surface area contributed by atoms with E-state index < -0.39 is 30.5 Å². The van der Waals surface area contributed by atoms with E-state index in [1.165, 1.54) is 0 Å². The summed E-state index contributed by atoms with van der Waals surface area (Å²) in [4.78, 5) is 10.4. The fourth-order valence-corrected chi connectivity index (χ4v) is 6.02. The summed E-state index contributed by atoms with van der Waals surface area (Å²) in [5.74, 6) is 0. The van der Waals surface area contributed by atoms with Crippen molar-refractivity contribution in [1.29, 1.82) is 0 Å². The van der Waals surface area contributed by atoms with Crippen molar-refractivity contribution >= 4 is 0 Å². The Morgan fingerprint density at radius 2 is 0.338 bits per heavy atom. The van der Waals surface area contributed by atoms with Gasteiger partial charge in [-0.15, -0.1) is 0 Å². The highest BCUT2D eigenvalue weighted by molar-refractivity contribution is 4.66. The SMILES string of the molecule is NCCOCCOCC(COCC(COCC(COCC(COCC(COCC(COOCCN)OCCOCCN)OCCOCCN)OCCOCCN)OCCOCCN)OCCOCCN)OCCOCCN. The van der Waals surface area contributed by atoms with E-state index in [9.17, 15) is 0 Å². The largest absolute Gasteiger partial charge is 0.378 e. The fourth-order valence-electron chi connectivity index (χ4n) is 6.02. The molecule has 6 atom stereocenters. The molecule has 0 aliphatic heterocycles. The molecule has 0 bridgehead atoms. The van der Waals surface area contributed by atoms with Crippen molar-refractivity contribution in [3.63, 3.8) is 0 Å². The number of nitrogens with two attached hydrogens (primary N) is 8. The average Bonchev–Trinajstić information content (AvgIpc) is 3.43. The molecule has 29 nitrogen and oxygen atoms in total. The summed E-state index contributed by atoms with van der Waals surface area (Å²) in [7, 11) is 0. The second-order valence-corrected chi connectivity index (χ2v) is 16.4. The van der Waals surface area contributed by atoms with Gasteiger partial charge in [-0.1, -0.05) is 0 Å². The van der Waals surface area contributed by atoms with Crippen LogP contribution in [-0.4, -0.2) is 314 Å². The zero-order valence-corrected chi connectivity index (χ0v) is 46.4. The van der Waals surface area contributed by atoms with Gasteiger partial charge in [0.15, 0.2) is 0 Å². The van der Waals surface area contributed by atoms with Gasteiger partial charge in [0, 0.05) is 52.4 Å². The van der Waals surface area contributed by atoms with E-state index in [1.54, 1.807) is 0 Å². The van der Waals surface area contributed by atoms with Crippen LogP contribution in [0.25, 0.3) is 0 Å². The van der Waals surface area contributed by atoms with Crippen LogP contribution in [0.15, 0.2) is 0 Å². The maximum Gasteiger partial charge on any atom is 0.111 e. The van der Waals surface area contributed by atoms with Crippen molar-refractivity contribution in [2.24, 2.45) is 45.9 Å². The molecule has 0 rings (SSSR count). The van der Waals surface area contributed by atoms with Crippen LogP contribution in [0.1, 0.15) is 0 Å². The molecule has 0 aliphatic carbocycles. The first-order valence-corrected chi connectivity index (χ1v) is 27.1. The van der Waals surface area contributed by atoms with Crippen molar-refractivity contribution in [2.45, 2.75) is 36.6 Å². The minimum Gasteiger partial charge on any atom is -0.378 e. The maximum atomic E-state index is 6.22. The molecule has 0 amide bonds. The minimum absolute atomic E-state index is 0.102. The normalized spacial score (nSPS) is 14.3. The summed E-state index contributed by atoms with van der Waals surface area (Å²) in [6.45, 7) is 12.9. The van der Waals surface area contributed by atoms with Crippen molar-refractivity contribution in [1.82, 2.24) is 0 Å². The van der Waals surface area contributed by atoms with Crippen LogP contribution in [0, 0.1) is 0 Å². The first kappa shape index (κ1) is 75.8. The number of ether oxygens (including phenoxy) is 19. The molecule has 0 aromatic rings. The van der Waals surface area contributed by atoms with Gasteiger partial charge in [-0.3, -0.25) is 0 Å². The quantitative estimate of drug-likeness (QED) is 0.0161. The Kier molecular flexibility index (Phi) is 63.0. The van der Waals surface area contributed by atoms with Crippen molar-refractivity contribution in [3.8, 4) is 0 Å². The molecule has 0 radical (unpaired) electrons. The monoisotopic (exact) mass is 1130 g/mol. The third-order valence-electron chi connectivity index (χ3n) is 9.57. The summed E-state index contributed by atoms with van der Waals surface area (Å²) in [6, 6.07) is 0. The number of rotatable bonds is 68. The van der Waals surface area contributed by atoms with Crippen LogP contribution in [0.2, 0.25) is 0 Å². The van der Waals surface area contributed by atoms with E-state index >= 15 is 0 Å². The Hall–Kier alpha value is -1.16. The van der Waals surface area contributed by atoms with E-state index in [1.807, 2.05) is 0 Å². The van der Waals surface area contributed by atoms with Gasteiger partial charge in [0.25, 0.3) is 0 Å². The lowest BCUT2D eigenvalue weighted by Gasteiger charge is -2.24. The van der Waals surface area contributed by atoms with Crippen molar-refractivity contribution in [2.75, 3.05) is 277 Å². The lowest BCUT2D eigenvalue weighted by Crippen LogP contribution is -2.36. The highest BCUT2D eigenvalue weighted by atomic mass is 17.2. The van der Waals surface area contributed by atoms with Gasteiger partial charge in [0.05, 0.1) is 218 Å². The molecular weight excluding hydrogens is 1020 g/mol. The van der Waals surface area contributed by atoms with Gasteiger partial charge in [0.1, 0.15) is 43.2 Å². The predicted molar refractivity (Wildman–Crippen MR) is 283 cm³/mol. The smallest absolute Gasteiger partial charge is 0.111 e. The Labute approximate surface area is 458 Å². The van der Waals surface area contributed by atoms with Crippen LogP contribution < -0.4 is 45.9 Å². The first-order chi connectivity index (χ1) is 38.0. The van der Waals surface area contributed by atoms with Crippen LogP contribution >= 0.6 is 0 Å². The minimum atomic E-state index is -0.511. The molecule has 6 unspecified atom stereocenters. The zero-order chi connectivity index (χ0) is 56.0. The van der Waals surface area contributed by atoms with Crippen LogP contribution in [-0.2, 0) is 99.8 Å². The van der Waals surface area contributed by atoms with E-state index in [2.05, 4.69) is 0 Å². The molecule has 0 heterocycles. The van der Waals surface area contributed by atoms with Gasteiger partial charge in [-0.2, -0.15) is 0 Å². The van der Waals surface area contributed by atoms with Crippen molar-refractivity contribution in [3.05, 3.63) is 0 Å².